The molecule has 4 heteroatoms. The van der Waals surface area contributed by atoms with Crippen LogP contribution in [0.2, 0.25) is 0 Å². The van der Waals surface area contributed by atoms with Gasteiger partial charge in [0.25, 0.3) is 0 Å². The van der Waals surface area contributed by atoms with Crippen LogP contribution in [0.5, 0.6) is 0 Å². The van der Waals surface area contributed by atoms with Crippen LogP contribution in [-0.4, -0.2) is 37.6 Å². The first-order valence-corrected chi connectivity index (χ1v) is 6.56. The van der Waals surface area contributed by atoms with E-state index in [2.05, 4.69) is 23.8 Å². The highest BCUT2D eigenvalue weighted by Gasteiger charge is 2.04. The fourth-order valence-corrected chi connectivity index (χ4v) is 1.96. The Bertz CT molecular complexity index is 153. The average molecular weight is 218 g/mol. The Morgan fingerprint density at radius 1 is 1.50 bits per heavy atom. The van der Waals surface area contributed by atoms with Crippen molar-refractivity contribution in [3.05, 3.63) is 0 Å². The minimum Gasteiger partial charge on any atom is -0.359 e. The molecule has 0 radical (unpaired) electrons. The van der Waals surface area contributed by atoms with Crippen molar-refractivity contribution in [1.82, 2.24) is 10.6 Å². The number of rotatable bonds is 8. The SMILES string of the molecule is CCC(CSC)NCCCC(=O)NC. The molecule has 0 saturated carbocycles. The van der Waals surface area contributed by atoms with Crippen molar-refractivity contribution < 1.29 is 4.79 Å². The van der Waals surface area contributed by atoms with E-state index in [1.165, 1.54) is 0 Å². The Labute approximate surface area is 91.4 Å². The van der Waals surface area contributed by atoms with Crippen LogP contribution in [0.4, 0.5) is 0 Å². The summed E-state index contributed by atoms with van der Waals surface area (Å²) in [5.74, 6) is 1.28. The summed E-state index contributed by atoms with van der Waals surface area (Å²) >= 11 is 1.86. The van der Waals surface area contributed by atoms with Gasteiger partial charge in [0.15, 0.2) is 0 Å². The lowest BCUT2D eigenvalue weighted by Gasteiger charge is -2.15. The first-order chi connectivity index (χ1) is 6.74. The zero-order valence-electron chi connectivity index (χ0n) is 9.43. The molecule has 14 heavy (non-hydrogen) atoms. The van der Waals surface area contributed by atoms with Gasteiger partial charge in [-0.3, -0.25) is 4.79 Å². The molecule has 0 aliphatic heterocycles. The Morgan fingerprint density at radius 3 is 2.71 bits per heavy atom. The first kappa shape index (κ1) is 13.8. The molecule has 84 valence electrons. The van der Waals surface area contributed by atoms with E-state index in [0.717, 1.165) is 25.1 Å². The van der Waals surface area contributed by atoms with Crippen molar-refractivity contribution in [3.8, 4) is 0 Å². The molecule has 2 N–H and O–H groups in total. The number of carbonyl (C=O) groups is 1. The van der Waals surface area contributed by atoms with Crippen LogP contribution < -0.4 is 10.6 Å². The van der Waals surface area contributed by atoms with Gasteiger partial charge >= 0.3 is 0 Å². The molecule has 0 aliphatic rings. The molecule has 0 aromatic carbocycles. The van der Waals surface area contributed by atoms with Gasteiger partial charge in [-0.25, -0.2) is 0 Å². The lowest BCUT2D eigenvalue weighted by atomic mass is 10.2. The highest BCUT2D eigenvalue weighted by molar-refractivity contribution is 7.98. The number of nitrogens with one attached hydrogen (secondary N) is 2. The summed E-state index contributed by atoms with van der Waals surface area (Å²) in [5.41, 5.74) is 0. The summed E-state index contributed by atoms with van der Waals surface area (Å²) in [5, 5.41) is 6.07. The Balaban J connectivity index is 3.37. The molecule has 3 nitrogen and oxygen atoms in total. The fraction of sp³-hybridized carbons (Fsp3) is 0.900. The molecule has 0 aromatic heterocycles. The monoisotopic (exact) mass is 218 g/mol. The molecule has 0 bridgehead atoms. The normalized spacial score (nSPS) is 12.5. The molecule has 0 spiro atoms. The van der Waals surface area contributed by atoms with Crippen molar-refractivity contribution in [2.24, 2.45) is 0 Å². The van der Waals surface area contributed by atoms with Crippen LogP contribution in [-0.2, 0) is 4.79 Å². The Hall–Kier alpha value is -0.220. The third kappa shape index (κ3) is 7.21. The minimum absolute atomic E-state index is 0.129. The Kier molecular flexibility index (Phi) is 9.19. The zero-order valence-corrected chi connectivity index (χ0v) is 10.2. The molecule has 1 atom stereocenters. The maximum absolute atomic E-state index is 10.9. The van der Waals surface area contributed by atoms with Crippen molar-refractivity contribution >= 4 is 17.7 Å². The minimum atomic E-state index is 0.129. The van der Waals surface area contributed by atoms with E-state index in [9.17, 15) is 4.79 Å². The lowest BCUT2D eigenvalue weighted by Crippen LogP contribution is -2.32. The van der Waals surface area contributed by atoms with Gasteiger partial charge in [0, 0.05) is 25.3 Å². The Morgan fingerprint density at radius 2 is 2.21 bits per heavy atom. The predicted octanol–water partition coefficient (Wildman–Crippen LogP) is 1.24. The average Bonchev–Trinajstić information content (AvgIpc) is 2.22. The maximum Gasteiger partial charge on any atom is 0.219 e. The second kappa shape index (κ2) is 9.34. The van der Waals surface area contributed by atoms with Crippen molar-refractivity contribution in [1.29, 1.82) is 0 Å². The van der Waals surface area contributed by atoms with Crippen LogP contribution in [0.25, 0.3) is 0 Å². The van der Waals surface area contributed by atoms with Crippen LogP contribution in [0.1, 0.15) is 26.2 Å². The van der Waals surface area contributed by atoms with Gasteiger partial charge < -0.3 is 10.6 Å². The maximum atomic E-state index is 10.9. The summed E-state index contributed by atoms with van der Waals surface area (Å²) in [6, 6.07) is 0.592. The summed E-state index contributed by atoms with van der Waals surface area (Å²) in [6.45, 7) is 3.12. The number of carbonyl (C=O) groups excluding carboxylic acids is 1. The topological polar surface area (TPSA) is 41.1 Å². The van der Waals surface area contributed by atoms with Gasteiger partial charge in [-0.15, -0.1) is 0 Å². The van der Waals surface area contributed by atoms with E-state index in [0.29, 0.717) is 12.5 Å². The van der Waals surface area contributed by atoms with Gasteiger partial charge in [0.1, 0.15) is 0 Å². The second-order valence-corrected chi connectivity index (χ2v) is 4.20. The van der Waals surface area contributed by atoms with Crippen molar-refractivity contribution in [2.45, 2.75) is 32.2 Å². The summed E-state index contributed by atoms with van der Waals surface area (Å²) in [6.07, 6.45) is 4.82. The fourth-order valence-electron chi connectivity index (χ4n) is 1.20. The molecule has 1 amide bonds. The smallest absolute Gasteiger partial charge is 0.219 e. The highest BCUT2D eigenvalue weighted by atomic mass is 32.2. The summed E-state index contributed by atoms with van der Waals surface area (Å²) in [7, 11) is 1.68. The molecule has 0 rings (SSSR count). The van der Waals surface area contributed by atoms with E-state index in [1.54, 1.807) is 7.05 Å². The van der Waals surface area contributed by atoms with Crippen LogP contribution in [0.15, 0.2) is 0 Å². The molecule has 0 aromatic rings. The molecule has 0 aliphatic carbocycles. The van der Waals surface area contributed by atoms with Crippen LogP contribution in [0.3, 0.4) is 0 Å². The molecular formula is C10H22N2OS. The van der Waals surface area contributed by atoms with Gasteiger partial charge in [-0.1, -0.05) is 6.92 Å². The molecule has 0 saturated heterocycles. The predicted molar refractivity (Wildman–Crippen MR) is 63.8 cm³/mol. The third-order valence-electron chi connectivity index (χ3n) is 2.15. The van der Waals surface area contributed by atoms with E-state index in [1.807, 2.05) is 11.8 Å². The number of amides is 1. The van der Waals surface area contributed by atoms with Gasteiger partial charge in [0.2, 0.25) is 5.91 Å². The van der Waals surface area contributed by atoms with E-state index in [4.69, 9.17) is 0 Å². The van der Waals surface area contributed by atoms with Crippen LogP contribution >= 0.6 is 11.8 Å². The number of hydrogen-bond donors (Lipinski definition) is 2. The standard InChI is InChI=1S/C10H22N2OS/c1-4-9(8-14-3)12-7-5-6-10(13)11-2/h9,12H,4-8H2,1-3H3,(H,11,13). The van der Waals surface area contributed by atoms with Gasteiger partial charge in [-0.2, -0.15) is 11.8 Å². The van der Waals surface area contributed by atoms with Gasteiger partial charge in [0.05, 0.1) is 0 Å². The molecule has 0 heterocycles. The highest BCUT2D eigenvalue weighted by Crippen LogP contribution is 2.01. The lowest BCUT2D eigenvalue weighted by molar-refractivity contribution is -0.120. The quantitative estimate of drug-likeness (QED) is 0.602. The first-order valence-electron chi connectivity index (χ1n) is 5.17. The molecule has 1 unspecified atom stereocenters. The van der Waals surface area contributed by atoms with Crippen LogP contribution in [0, 0.1) is 0 Å². The van der Waals surface area contributed by atoms with Crippen molar-refractivity contribution in [3.63, 3.8) is 0 Å². The zero-order chi connectivity index (χ0) is 10.8. The summed E-state index contributed by atoms with van der Waals surface area (Å²) < 4.78 is 0. The van der Waals surface area contributed by atoms with Crippen molar-refractivity contribution in [2.75, 3.05) is 25.6 Å². The van der Waals surface area contributed by atoms with Gasteiger partial charge in [-0.05, 0) is 25.6 Å². The van der Waals surface area contributed by atoms with E-state index in [-0.39, 0.29) is 5.91 Å². The number of hydrogen-bond acceptors (Lipinski definition) is 3. The number of thioether (sulfide) groups is 1. The molecule has 0 fully saturated rings. The summed E-state index contributed by atoms with van der Waals surface area (Å²) in [4.78, 5) is 10.9. The largest absolute Gasteiger partial charge is 0.359 e. The molecular weight excluding hydrogens is 196 g/mol. The second-order valence-electron chi connectivity index (χ2n) is 3.29. The van der Waals surface area contributed by atoms with E-state index < -0.39 is 0 Å². The third-order valence-corrected chi connectivity index (χ3v) is 2.89. The van der Waals surface area contributed by atoms with E-state index >= 15 is 0 Å².